The van der Waals surface area contributed by atoms with Crippen LogP contribution in [0.25, 0.3) is 11.1 Å². The van der Waals surface area contributed by atoms with Crippen molar-refractivity contribution in [2.24, 2.45) is 0 Å². The van der Waals surface area contributed by atoms with Gasteiger partial charge in [-0.15, -0.1) is 0 Å². The summed E-state index contributed by atoms with van der Waals surface area (Å²) in [6, 6.07) is 17.1. The summed E-state index contributed by atoms with van der Waals surface area (Å²) in [7, 11) is -3.28. The zero-order chi connectivity index (χ0) is 18.1. The number of benzene rings is 2. The molecule has 0 fully saturated rings. The average Bonchev–Trinajstić information content (AvgIpc) is 2.63. The second kappa shape index (κ2) is 6.46. The quantitative estimate of drug-likeness (QED) is 0.756. The van der Waals surface area contributed by atoms with Crippen LogP contribution in [0, 0.1) is 6.92 Å². The van der Waals surface area contributed by atoms with Crippen LogP contribution in [0.5, 0.6) is 11.6 Å². The Kier molecular flexibility index (Phi) is 4.12. The summed E-state index contributed by atoms with van der Waals surface area (Å²) in [6.07, 6.45) is 2.22. The van der Waals surface area contributed by atoms with E-state index in [0.29, 0.717) is 23.7 Å². The summed E-state index contributed by atoms with van der Waals surface area (Å²) in [6.45, 7) is 2.01. The van der Waals surface area contributed by atoms with Crippen LogP contribution in [-0.2, 0) is 16.4 Å². The van der Waals surface area contributed by atoms with Crippen molar-refractivity contribution < 1.29 is 13.2 Å². The van der Waals surface area contributed by atoms with E-state index in [4.69, 9.17) is 4.74 Å². The Balaban J connectivity index is 1.69. The summed E-state index contributed by atoms with van der Waals surface area (Å²) < 4.78 is 32.4. The molecule has 0 spiro atoms. The number of para-hydroxylation sites is 1. The van der Waals surface area contributed by atoms with Gasteiger partial charge in [-0.05, 0) is 43.2 Å². The molecule has 1 aliphatic heterocycles. The maximum Gasteiger partial charge on any atom is 0.233 e. The Hall–Kier alpha value is -2.86. The van der Waals surface area contributed by atoms with Crippen LogP contribution in [0.1, 0.15) is 11.1 Å². The van der Waals surface area contributed by atoms with E-state index in [0.717, 1.165) is 22.3 Å². The van der Waals surface area contributed by atoms with E-state index in [2.05, 4.69) is 9.71 Å². The molecule has 0 unspecified atom stereocenters. The topological polar surface area (TPSA) is 68.3 Å². The molecule has 132 valence electrons. The van der Waals surface area contributed by atoms with Crippen molar-refractivity contribution in [1.29, 1.82) is 0 Å². The first-order chi connectivity index (χ1) is 12.5. The molecule has 2 aromatic carbocycles. The van der Waals surface area contributed by atoms with Crippen LogP contribution in [0.4, 0.5) is 5.69 Å². The molecular formula is C20H18N2O3S. The van der Waals surface area contributed by atoms with Crippen LogP contribution < -0.4 is 9.46 Å². The molecule has 26 heavy (non-hydrogen) atoms. The number of hydrogen-bond acceptors (Lipinski definition) is 4. The highest BCUT2D eigenvalue weighted by Gasteiger charge is 2.23. The zero-order valence-electron chi connectivity index (χ0n) is 14.3. The van der Waals surface area contributed by atoms with E-state index in [-0.39, 0.29) is 5.75 Å². The van der Waals surface area contributed by atoms with Gasteiger partial charge in [0.25, 0.3) is 0 Å². The van der Waals surface area contributed by atoms with Crippen molar-refractivity contribution in [3.05, 3.63) is 71.9 Å². The molecule has 0 saturated carbocycles. The Bertz CT molecular complexity index is 1050. The van der Waals surface area contributed by atoms with Crippen LogP contribution in [-0.4, -0.2) is 19.2 Å². The van der Waals surface area contributed by atoms with E-state index in [1.165, 1.54) is 0 Å². The van der Waals surface area contributed by atoms with E-state index in [9.17, 15) is 8.42 Å². The lowest BCUT2D eigenvalue weighted by Gasteiger charge is -2.22. The molecule has 5 nitrogen and oxygen atoms in total. The number of anilines is 1. The van der Waals surface area contributed by atoms with Gasteiger partial charge in [-0.1, -0.05) is 29.8 Å². The predicted molar refractivity (Wildman–Crippen MR) is 102 cm³/mol. The van der Waals surface area contributed by atoms with Crippen LogP contribution in [0.3, 0.4) is 0 Å². The lowest BCUT2D eigenvalue weighted by molar-refractivity contribution is 0.463. The van der Waals surface area contributed by atoms with Crippen molar-refractivity contribution in [2.45, 2.75) is 13.3 Å². The minimum Gasteiger partial charge on any atom is -0.439 e. The third kappa shape index (κ3) is 3.41. The number of pyridine rings is 1. The molecule has 3 aromatic rings. The fourth-order valence-corrected chi connectivity index (χ4v) is 4.21. The average molecular weight is 366 g/mol. The summed E-state index contributed by atoms with van der Waals surface area (Å²) in [5.74, 6) is 1.32. The van der Waals surface area contributed by atoms with Gasteiger partial charge in [0.15, 0.2) is 0 Å². The van der Waals surface area contributed by atoms with Gasteiger partial charge < -0.3 is 4.74 Å². The number of fused-ring (bicyclic) bond motifs is 1. The number of rotatable bonds is 3. The number of aromatic nitrogens is 1. The first kappa shape index (κ1) is 16.6. The molecule has 0 atom stereocenters. The molecule has 1 aliphatic rings. The Morgan fingerprint density at radius 2 is 1.88 bits per heavy atom. The normalized spacial score (nSPS) is 15.0. The summed E-state index contributed by atoms with van der Waals surface area (Å²) in [4.78, 5) is 4.37. The van der Waals surface area contributed by atoms with Crippen molar-refractivity contribution in [1.82, 2.24) is 4.98 Å². The minimum atomic E-state index is -3.28. The molecule has 4 rings (SSSR count). The van der Waals surface area contributed by atoms with Gasteiger partial charge in [-0.2, -0.15) is 0 Å². The first-order valence-electron chi connectivity index (χ1n) is 8.33. The second-order valence-electron chi connectivity index (χ2n) is 6.32. The maximum absolute atomic E-state index is 12.0. The van der Waals surface area contributed by atoms with Gasteiger partial charge in [0.05, 0.1) is 11.4 Å². The van der Waals surface area contributed by atoms with Crippen molar-refractivity contribution in [2.75, 3.05) is 10.5 Å². The highest BCUT2D eigenvalue weighted by atomic mass is 32.2. The Morgan fingerprint density at radius 3 is 2.62 bits per heavy atom. The predicted octanol–water partition coefficient (Wildman–Crippen LogP) is 4.15. The molecule has 0 aliphatic carbocycles. The van der Waals surface area contributed by atoms with Gasteiger partial charge in [0.2, 0.25) is 15.9 Å². The Labute approximate surface area is 152 Å². The molecule has 0 radical (unpaired) electrons. The molecule has 0 saturated heterocycles. The molecule has 6 heteroatoms. The molecule has 1 aromatic heterocycles. The number of hydrogen-bond donors (Lipinski definition) is 1. The van der Waals surface area contributed by atoms with E-state index in [1.54, 1.807) is 12.3 Å². The number of nitrogens with zero attached hydrogens (tertiary/aromatic N) is 1. The third-order valence-corrected chi connectivity index (χ3v) is 5.53. The number of aryl methyl sites for hydroxylation is 2. The summed E-state index contributed by atoms with van der Waals surface area (Å²) in [5.41, 5.74) is 4.43. The molecular weight excluding hydrogens is 348 g/mol. The second-order valence-corrected chi connectivity index (χ2v) is 8.16. The lowest BCUT2D eigenvalue weighted by Crippen LogP contribution is -2.24. The van der Waals surface area contributed by atoms with Crippen molar-refractivity contribution in [3.8, 4) is 22.8 Å². The summed E-state index contributed by atoms with van der Waals surface area (Å²) in [5, 5.41) is 0. The van der Waals surface area contributed by atoms with Crippen LogP contribution in [0.15, 0.2) is 60.8 Å². The smallest absolute Gasteiger partial charge is 0.233 e. The number of sulfonamides is 1. The highest BCUT2D eigenvalue weighted by molar-refractivity contribution is 7.92. The van der Waals surface area contributed by atoms with Crippen molar-refractivity contribution in [3.63, 3.8) is 0 Å². The minimum absolute atomic E-state index is 0.116. The molecule has 0 bridgehead atoms. The van der Waals surface area contributed by atoms with E-state index in [1.807, 2.05) is 55.5 Å². The van der Waals surface area contributed by atoms with Gasteiger partial charge in [-0.3, -0.25) is 4.72 Å². The third-order valence-electron chi connectivity index (χ3n) is 4.28. The van der Waals surface area contributed by atoms with Gasteiger partial charge in [0, 0.05) is 23.4 Å². The first-order valence-corrected chi connectivity index (χ1v) is 9.99. The fraction of sp³-hybridized carbons (Fsp3) is 0.150. The zero-order valence-corrected chi connectivity index (χ0v) is 15.1. The van der Waals surface area contributed by atoms with Gasteiger partial charge in [0.1, 0.15) is 5.75 Å². The standard InChI is InChI=1S/C20H18N2O3S/c1-14-11-15-9-10-26(23,24)22-20(15)18(12-14)16-7-8-19(21-13-16)25-17-5-3-2-4-6-17/h2-8,11-13,22H,9-10H2,1H3. The fourth-order valence-electron chi connectivity index (χ4n) is 3.07. The van der Waals surface area contributed by atoms with Crippen LogP contribution >= 0.6 is 0 Å². The molecule has 0 amide bonds. The van der Waals surface area contributed by atoms with Gasteiger partial charge >= 0.3 is 0 Å². The molecule has 2 heterocycles. The largest absolute Gasteiger partial charge is 0.439 e. The molecule has 1 N–H and O–H groups in total. The van der Waals surface area contributed by atoms with Crippen molar-refractivity contribution >= 4 is 15.7 Å². The number of nitrogens with one attached hydrogen (secondary N) is 1. The SMILES string of the molecule is Cc1cc2c(c(-c3ccc(Oc4ccccc4)nc3)c1)NS(=O)(=O)CC2. The van der Waals surface area contributed by atoms with E-state index >= 15 is 0 Å². The highest BCUT2D eigenvalue weighted by Crippen LogP contribution is 2.36. The van der Waals surface area contributed by atoms with Crippen LogP contribution in [0.2, 0.25) is 0 Å². The maximum atomic E-state index is 12.0. The Morgan fingerprint density at radius 1 is 1.08 bits per heavy atom. The number of ether oxygens (including phenoxy) is 1. The summed E-state index contributed by atoms with van der Waals surface area (Å²) >= 11 is 0. The van der Waals surface area contributed by atoms with Gasteiger partial charge in [-0.25, -0.2) is 13.4 Å². The van der Waals surface area contributed by atoms with E-state index < -0.39 is 10.0 Å². The lowest BCUT2D eigenvalue weighted by atomic mass is 9.97. The monoisotopic (exact) mass is 366 g/mol.